The second-order valence-corrected chi connectivity index (χ2v) is 35.9. The predicted octanol–water partition coefficient (Wildman–Crippen LogP) is 25.7. The van der Waals surface area contributed by atoms with E-state index in [4.69, 9.17) is 37.0 Å². The molecular formula is C111H115N10O5+5. The van der Waals surface area contributed by atoms with Crippen molar-refractivity contribution in [3.05, 3.63) is 297 Å². The Balaban J connectivity index is 0.000000111. The van der Waals surface area contributed by atoms with Crippen molar-refractivity contribution in [3.63, 3.8) is 0 Å². The SMILES string of the molecule is CCc1ccc2c(n1)oc1c(-c3ccc(C)c[n+]3C)c(C)ccc12.Cc1cc[n+](C)c(-c2c(C)ccc3c2oc2nc(C4CCCCC4)ccc23)c1.Cc1ccc(-c2c(C)ccc3c2oc2nc(C(C)C)ccc23)[n+](C)c1.Cc1ccc(-c2c(C)ccc3c2oc2nc(C)ccc23)[n+](C)c1.Cc1ccc(-c2c(C)ccc3c2oc2nc(CC(C)C)ccc23)[n+](C)c1. The van der Waals surface area contributed by atoms with Gasteiger partial charge in [-0.1, -0.05) is 115 Å². The minimum atomic E-state index is 0.383. The van der Waals surface area contributed by atoms with Crippen molar-refractivity contribution in [2.75, 3.05) is 0 Å². The monoisotopic (exact) mass is 1670 g/mol. The maximum Gasteiger partial charge on any atom is 0.227 e. The van der Waals surface area contributed by atoms with Gasteiger partial charge in [0.1, 0.15) is 35.2 Å². The molecule has 0 N–H and O–H groups in total. The molecule has 0 saturated heterocycles. The molecule has 0 atom stereocenters. The van der Waals surface area contributed by atoms with Crippen LogP contribution in [0.3, 0.4) is 0 Å². The van der Waals surface area contributed by atoms with Crippen molar-refractivity contribution in [2.24, 2.45) is 41.2 Å². The molecule has 0 amide bonds. The number of aromatic nitrogens is 10. The van der Waals surface area contributed by atoms with Crippen LogP contribution in [0.4, 0.5) is 0 Å². The zero-order valence-electron chi connectivity index (χ0n) is 76.9. The molecule has 634 valence electrons. The summed E-state index contributed by atoms with van der Waals surface area (Å²) in [6, 6.07) is 64.5. The van der Waals surface area contributed by atoms with E-state index >= 15 is 0 Å². The van der Waals surface area contributed by atoms with E-state index in [1.807, 2.05) is 13.0 Å². The van der Waals surface area contributed by atoms with Crippen LogP contribution in [0.1, 0.15) is 163 Å². The Morgan fingerprint density at radius 2 is 0.643 bits per heavy atom. The van der Waals surface area contributed by atoms with Crippen LogP contribution < -0.4 is 22.8 Å². The molecule has 0 spiro atoms. The summed E-state index contributed by atoms with van der Waals surface area (Å²) in [6.45, 7) is 34.1. The topological polar surface area (TPSA) is 150 Å². The number of rotatable bonds is 10. The fourth-order valence-electron chi connectivity index (χ4n) is 18.5. The fourth-order valence-corrected chi connectivity index (χ4v) is 18.5. The van der Waals surface area contributed by atoms with Crippen LogP contribution in [0.2, 0.25) is 0 Å². The van der Waals surface area contributed by atoms with E-state index in [1.165, 1.54) is 105 Å². The van der Waals surface area contributed by atoms with Gasteiger partial charge in [-0.2, -0.15) is 0 Å². The summed E-state index contributed by atoms with van der Waals surface area (Å²) in [4.78, 5) is 23.7. The summed E-state index contributed by atoms with van der Waals surface area (Å²) in [5.74, 6) is 1.55. The number of furan rings is 5. The zero-order valence-corrected chi connectivity index (χ0v) is 76.9. The number of hydrogen-bond donors (Lipinski definition) is 0. The lowest BCUT2D eigenvalue weighted by Crippen LogP contribution is -2.31. The first kappa shape index (κ1) is 84.8. The van der Waals surface area contributed by atoms with E-state index in [1.54, 1.807) is 0 Å². The highest BCUT2D eigenvalue weighted by Crippen LogP contribution is 2.44. The van der Waals surface area contributed by atoms with Crippen LogP contribution in [-0.2, 0) is 48.1 Å². The van der Waals surface area contributed by atoms with Crippen molar-refractivity contribution in [1.82, 2.24) is 24.9 Å². The predicted molar refractivity (Wildman–Crippen MR) is 511 cm³/mol. The second-order valence-electron chi connectivity index (χ2n) is 35.9. The number of fused-ring (bicyclic) bond motifs is 15. The minimum absolute atomic E-state index is 0.383. The first-order chi connectivity index (χ1) is 60.6. The molecule has 0 radical (unpaired) electrons. The smallest absolute Gasteiger partial charge is 0.227 e. The normalized spacial score (nSPS) is 12.5. The van der Waals surface area contributed by atoms with E-state index < -0.39 is 0 Å². The molecule has 0 bridgehead atoms. The average Bonchev–Trinajstić information content (AvgIpc) is 1.68. The summed E-state index contributed by atoms with van der Waals surface area (Å²) in [5.41, 5.74) is 37.4. The third kappa shape index (κ3) is 16.5. The van der Waals surface area contributed by atoms with Crippen LogP contribution in [-0.4, -0.2) is 24.9 Å². The summed E-state index contributed by atoms with van der Waals surface area (Å²) in [5, 5.41) is 11.1. The van der Waals surface area contributed by atoms with Gasteiger partial charge in [0.05, 0.1) is 27.8 Å². The Morgan fingerprint density at radius 1 is 0.310 bits per heavy atom. The molecule has 15 nitrogen and oxygen atoms in total. The highest BCUT2D eigenvalue weighted by molar-refractivity contribution is 6.13. The van der Waals surface area contributed by atoms with Gasteiger partial charge in [0.25, 0.3) is 0 Å². The molecule has 0 unspecified atom stereocenters. The first-order valence-corrected chi connectivity index (χ1v) is 44.6. The average molecular weight is 1670 g/mol. The van der Waals surface area contributed by atoms with E-state index in [2.05, 4.69) is 379 Å². The lowest BCUT2D eigenvalue weighted by atomic mass is 9.86. The number of benzene rings is 5. The van der Waals surface area contributed by atoms with Crippen molar-refractivity contribution >= 4 is 110 Å². The zero-order chi connectivity index (χ0) is 88.4. The van der Waals surface area contributed by atoms with Crippen molar-refractivity contribution in [2.45, 2.75) is 168 Å². The van der Waals surface area contributed by atoms with Gasteiger partial charge in [-0.15, -0.1) is 0 Å². The molecule has 15 aromatic heterocycles. The summed E-state index contributed by atoms with van der Waals surface area (Å²) in [7, 11) is 10.4. The number of pyridine rings is 10. The maximum atomic E-state index is 6.42. The molecular weight excluding hydrogens is 1550 g/mol. The van der Waals surface area contributed by atoms with Crippen LogP contribution in [0.15, 0.2) is 235 Å². The quantitative estimate of drug-likeness (QED) is 0.121. The van der Waals surface area contributed by atoms with Crippen molar-refractivity contribution in [1.29, 1.82) is 0 Å². The minimum Gasteiger partial charge on any atom is -0.437 e. The highest BCUT2D eigenvalue weighted by atomic mass is 16.4. The lowest BCUT2D eigenvalue weighted by molar-refractivity contribution is -0.660. The molecule has 1 aliphatic carbocycles. The largest absolute Gasteiger partial charge is 0.437 e. The summed E-state index contributed by atoms with van der Waals surface area (Å²) < 4.78 is 42.2. The molecule has 21 rings (SSSR count). The van der Waals surface area contributed by atoms with Gasteiger partial charge in [-0.05, 0) is 232 Å². The van der Waals surface area contributed by atoms with Gasteiger partial charge in [0.2, 0.25) is 57.0 Å². The third-order valence-electron chi connectivity index (χ3n) is 25.2. The number of hydrogen-bond acceptors (Lipinski definition) is 10. The Kier molecular flexibility index (Phi) is 23.5. The molecule has 0 aliphatic heterocycles. The Labute approximate surface area is 737 Å². The molecule has 5 aromatic carbocycles. The van der Waals surface area contributed by atoms with Crippen molar-refractivity contribution in [3.8, 4) is 56.3 Å². The molecule has 15 heteroatoms. The molecule has 1 aliphatic rings. The lowest BCUT2D eigenvalue weighted by Gasteiger charge is -2.20. The van der Waals surface area contributed by atoms with Crippen molar-refractivity contribution < 1.29 is 44.9 Å². The Bertz CT molecular complexity index is 7630. The molecule has 126 heavy (non-hydrogen) atoms. The molecule has 1 saturated carbocycles. The first-order valence-electron chi connectivity index (χ1n) is 44.6. The van der Waals surface area contributed by atoms with E-state index in [0.717, 1.165) is 185 Å². The molecule has 20 aromatic rings. The Hall–Kier alpha value is -13.4. The molecule has 15 heterocycles. The van der Waals surface area contributed by atoms with Crippen LogP contribution >= 0.6 is 0 Å². The van der Waals surface area contributed by atoms with Gasteiger partial charge in [0, 0.05) is 147 Å². The van der Waals surface area contributed by atoms with Crippen LogP contribution in [0.5, 0.6) is 0 Å². The standard InChI is InChI=1S/C25H27N2O.C23H25N2O.C22H23N2O.C21H21N2O.C20H19N2O/c1-16-13-14-27(3)22(15-16)23-17(2)9-10-19-20-11-12-21(18-7-5-4-6-8-18)26-25(20)28-24(19)23;1-14(2)12-17-8-10-19-18-9-7-16(4)21(22(18)26-23(19)24-17)20-11-6-15(3)13-25(20)5;1-13(2)18-10-9-17-16-8-7-15(4)20(21(16)25-22(17)23-18)19-11-6-14(3)12-24(19)5;1-5-15-8-10-17-16-9-7-14(3)19(20(16)24-21(17)22-15)18-11-6-13(2)12-23(18)4;1-12-5-10-17(22(4)11-12)18-13(2)6-8-15-16-9-7-14(3)21-20(16)23-19(15)18/h9-15,18H,4-8H2,1-3H3;6-11,13-14H,12H2,1-5H3;6-13H,1-5H3;6-12H,5H2,1-4H3;5-11H,1-4H3/q5*+1. The van der Waals surface area contributed by atoms with Gasteiger partial charge in [0.15, 0.2) is 58.9 Å². The Morgan fingerprint density at radius 3 is 1.02 bits per heavy atom. The summed E-state index contributed by atoms with van der Waals surface area (Å²) >= 11 is 0. The number of aryl methyl sites for hydroxylation is 17. The third-order valence-corrected chi connectivity index (χ3v) is 25.2. The van der Waals surface area contributed by atoms with E-state index in [9.17, 15) is 0 Å². The fraction of sp³-hybridized carbons (Fsp3) is 0.279. The summed E-state index contributed by atoms with van der Waals surface area (Å²) in [6.07, 6.45) is 19.1. The van der Waals surface area contributed by atoms with Gasteiger partial charge in [-0.25, -0.2) is 47.8 Å². The van der Waals surface area contributed by atoms with E-state index in [0.29, 0.717) is 23.5 Å². The second kappa shape index (κ2) is 35.0. The van der Waals surface area contributed by atoms with Crippen LogP contribution in [0, 0.1) is 82.1 Å². The van der Waals surface area contributed by atoms with E-state index in [-0.39, 0.29) is 0 Å². The molecule has 1 fully saturated rings. The highest BCUT2D eigenvalue weighted by Gasteiger charge is 2.29. The van der Waals surface area contributed by atoms with Crippen LogP contribution in [0.25, 0.3) is 167 Å². The maximum absolute atomic E-state index is 6.42. The van der Waals surface area contributed by atoms with Gasteiger partial charge < -0.3 is 22.1 Å². The number of nitrogens with zero attached hydrogens (tertiary/aromatic N) is 10. The van der Waals surface area contributed by atoms with Gasteiger partial charge in [-0.3, -0.25) is 0 Å². The van der Waals surface area contributed by atoms with Gasteiger partial charge >= 0.3 is 0 Å².